The first-order chi connectivity index (χ1) is 9.28. The quantitative estimate of drug-likeness (QED) is 0.857. The normalized spacial score (nSPS) is 27.4. The Morgan fingerprint density at radius 1 is 1.32 bits per heavy atom. The number of nitrogens with zero attached hydrogens (tertiary/aromatic N) is 1. The summed E-state index contributed by atoms with van der Waals surface area (Å²) in [4.78, 5) is 4.03. The van der Waals surface area contributed by atoms with Crippen molar-refractivity contribution < 1.29 is 4.74 Å². The molecule has 0 atom stereocenters. The van der Waals surface area contributed by atoms with Gasteiger partial charge in [-0.25, -0.2) is 0 Å². The third-order valence-electron chi connectivity index (χ3n) is 4.51. The second kappa shape index (κ2) is 7.01. The fourth-order valence-corrected chi connectivity index (χ4v) is 2.95. The standard InChI is InChI=1S/C16H26N2O/c1-2-14-3-8-16(13-17,9-4-14)19-12-7-15-5-10-18-11-6-15/h5-6,10-11,14H,2-4,7-9,12-13,17H2,1H3. The number of rotatable bonds is 6. The first-order valence-corrected chi connectivity index (χ1v) is 7.51. The number of aromatic nitrogens is 1. The highest BCUT2D eigenvalue weighted by Gasteiger charge is 2.34. The molecular formula is C16H26N2O. The van der Waals surface area contributed by atoms with Gasteiger partial charge in [0.25, 0.3) is 0 Å². The van der Waals surface area contributed by atoms with Crippen LogP contribution in [0, 0.1) is 5.92 Å². The van der Waals surface area contributed by atoms with Crippen molar-refractivity contribution in [2.45, 2.75) is 51.0 Å². The Kier molecular flexibility index (Phi) is 5.34. The highest BCUT2D eigenvalue weighted by Crippen LogP contribution is 2.35. The summed E-state index contributed by atoms with van der Waals surface area (Å²) in [5.41, 5.74) is 7.19. The molecule has 0 aliphatic heterocycles. The van der Waals surface area contributed by atoms with Crippen LogP contribution in [0.25, 0.3) is 0 Å². The number of pyridine rings is 1. The van der Waals surface area contributed by atoms with Gasteiger partial charge in [-0.1, -0.05) is 13.3 Å². The Bertz CT molecular complexity index is 358. The molecule has 19 heavy (non-hydrogen) atoms. The van der Waals surface area contributed by atoms with Crippen LogP contribution in [-0.4, -0.2) is 23.7 Å². The van der Waals surface area contributed by atoms with E-state index in [1.54, 1.807) is 0 Å². The van der Waals surface area contributed by atoms with E-state index >= 15 is 0 Å². The minimum Gasteiger partial charge on any atom is -0.373 e. The summed E-state index contributed by atoms with van der Waals surface area (Å²) in [7, 11) is 0. The Balaban J connectivity index is 1.80. The van der Waals surface area contributed by atoms with Crippen molar-refractivity contribution in [3.05, 3.63) is 30.1 Å². The highest BCUT2D eigenvalue weighted by molar-refractivity contribution is 5.09. The van der Waals surface area contributed by atoms with Gasteiger partial charge in [0, 0.05) is 18.9 Å². The van der Waals surface area contributed by atoms with E-state index in [1.165, 1.54) is 24.8 Å². The third-order valence-corrected chi connectivity index (χ3v) is 4.51. The van der Waals surface area contributed by atoms with E-state index in [2.05, 4.69) is 11.9 Å². The van der Waals surface area contributed by atoms with Crippen molar-refractivity contribution in [1.82, 2.24) is 4.98 Å². The van der Waals surface area contributed by atoms with Crippen molar-refractivity contribution in [2.24, 2.45) is 11.7 Å². The van der Waals surface area contributed by atoms with Crippen molar-refractivity contribution >= 4 is 0 Å². The molecule has 0 spiro atoms. The van der Waals surface area contributed by atoms with Gasteiger partial charge >= 0.3 is 0 Å². The average Bonchev–Trinajstić information content (AvgIpc) is 2.49. The molecule has 0 aromatic carbocycles. The van der Waals surface area contributed by atoms with E-state index in [0.29, 0.717) is 6.54 Å². The summed E-state index contributed by atoms with van der Waals surface area (Å²) in [5, 5.41) is 0. The van der Waals surface area contributed by atoms with Gasteiger partial charge < -0.3 is 10.5 Å². The molecule has 3 nitrogen and oxygen atoms in total. The van der Waals surface area contributed by atoms with Crippen LogP contribution >= 0.6 is 0 Å². The third kappa shape index (κ3) is 4.02. The van der Waals surface area contributed by atoms with Gasteiger partial charge in [-0.2, -0.15) is 0 Å². The lowest BCUT2D eigenvalue weighted by Gasteiger charge is -2.39. The first-order valence-electron chi connectivity index (χ1n) is 7.51. The molecule has 0 amide bonds. The van der Waals surface area contributed by atoms with Crippen LogP contribution in [0.5, 0.6) is 0 Å². The van der Waals surface area contributed by atoms with E-state index in [9.17, 15) is 0 Å². The van der Waals surface area contributed by atoms with Gasteiger partial charge in [0.1, 0.15) is 0 Å². The van der Waals surface area contributed by atoms with Crippen LogP contribution in [0.2, 0.25) is 0 Å². The van der Waals surface area contributed by atoms with Crippen molar-refractivity contribution in [3.8, 4) is 0 Å². The number of hydrogen-bond donors (Lipinski definition) is 1. The second-order valence-corrected chi connectivity index (χ2v) is 5.69. The zero-order chi connectivity index (χ0) is 13.6. The van der Waals surface area contributed by atoms with E-state index < -0.39 is 0 Å². The van der Waals surface area contributed by atoms with E-state index in [1.807, 2.05) is 24.5 Å². The topological polar surface area (TPSA) is 48.1 Å². The summed E-state index contributed by atoms with van der Waals surface area (Å²) >= 11 is 0. The molecule has 0 saturated heterocycles. The molecule has 2 rings (SSSR count). The predicted molar refractivity (Wildman–Crippen MR) is 77.9 cm³/mol. The molecule has 0 unspecified atom stereocenters. The van der Waals surface area contributed by atoms with Crippen LogP contribution in [0.4, 0.5) is 0 Å². The molecule has 2 N–H and O–H groups in total. The Morgan fingerprint density at radius 2 is 2.00 bits per heavy atom. The first kappa shape index (κ1) is 14.5. The SMILES string of the molecule is CCC1CCC(CN)(OCCc2ccncc2)CC1. The van der Waals surface area contributed by atoms with Gasteiger partial charge in [0.05, 0.1) is 12.2 Å². The maximum Gasteiger partial charge on any atom is 0.0804 e. The van der Waals surface area contributed by atoms with E-state index in [4.69, 9.17) is 10.5 Å². The Labute approximate surface area is 116 Å². The Hall–Kier alpha value is -0.930. The number of hydrogen-bond acceptors (Lipinski definition) is 3. The number of nitrogens with two attached hydrogens (primary N) is 1. The summed E-state index contributed by atoms with van der Waals surface area (Å²) in [6.45, 7) is 3.70. The zero-order valence-electron chi connectivity index (χ0n) is 12.0. The molecular weight excluding hydrogens is 236 g/mol. The van der Waals surface area contributed by atoms with Crippen molar-refractivity contribution in [2.75, 3.05) is 13.2 Å². The van der Waals surface area contributed by atoms with Crippen LogP contribution in [0.1, 0.15) is 44.6 Å². The van der Waals surface area contributed by atoms with Crippen molar-refractivity contribution in [3.63, 3.8) is 0 Å². The highest BCUT2D eigenvalue weighted by atomic mass is 16.5. The van der Waals surface area contributed by atoms with Gasteiger partial charge in [0.15, 0.2) is 0 Å². The predicted octanol–water partition coefficient (Wildman–Crippen LogP) is 2.94. The lowest BCUT2D eigenvalue weighted by molar-refractivity contribution is -0.0702. The summed E-state index contributed by atoms with van der Waals surface area (Å²) in [5.74, 6) is 0.878. The second-order valence-electron chi connectivity index (χ2n) is 5.69. The summed E-state index contributed by atoms with van der Waals surface area (Å²) in [6.07, 6.45) is 10.7. The summed E-state index contributed by atoms with van der Waals surface area (Å²) in [6, 6.07) is 4.10. The van der Waals surface area contributed by atoms with Crippen molar-refractivity contribution in [1.29, 1.82) is 0 Å². The molecule has 1 heterocycles. The lowest BCUT2D eigenvalue weighted by atomic mass is 9.77. The maximum atomic E-state index is 6.17. The number of ether oxygens (including phenoxy) is 1. The molecule has 106 valence electrons. The largest absolute Gasteiger partial charge is 0.373 e. The van der Waals surface area contributed by atoms with Crippen LogP contribution in [-0.2, 0) is 11.2 Å². The zero-order valence-corrected chi connectivity index (χ0v) is 12.0. The molecule has 1 aliphatic rings. The van der Waals surface area contributed by atoms with E-state index in [0.717, 1.165) is 31.8 Å². The molecule has 3 heteroatoms. The fraction of sp³-hybridized carbons (Fsp3) is 0.688. The van der Waals surface area contributed by atoms with Crippen LogP contribution in [0.3, 0.4) is 0 Å². The van der Waals surface area contributed by atoms with Gasteiger partial charge in [-0.05, 0) is 55.7 Å². The van der Waals surface area contributed by atoms with Crippen LogP contribution in [0.15, 0.2) is 24.5 Å². The van der Waals surface area contributed by atoms with Crippen LogP contribution < -0.4 is 5.73 Å². The monoisotopic (exact) mass is 262 g/mol. The molecule has 1 saturated carbocycles. The summed E-state index contributed by atoms with van der Waals surface area (Å²) < 4.78 is 6.17. The molecule has 1 fully saturated rings. The van der Waals surface area contributed by atoms with Gasteiger partial charge in [0.2, 0.25) is 0 Å². The molecule has 0 bridgehead atoms. The minimum atomic E-state index is -0.0568. The fourth-order valence-electron chi connectivity index (χ4n) is 2.95. The maximum absolute atomic E-state index is 6.17. The van der Waals surface area contributed by atoms with Gasteiger partial charge in [-0.3, -0.25) is 4.98 Å². The smallest absolute Gasteiger partial charge is 0.0804 e. The molecule has 1 aliphatic carbocycles. The Morgan fingerprint density at radius 3 is 2.58 bits per heavy atom. The van der Waals surface area contributed by atoms with E-state index in [-0.39, 0.29) is 5.60 Å². The molecule has 0 radical (unpaired) electrons. The molecule has 1 aromatic heterocycles. The average molecular weight is 262 g/mol. The lowest BCUT2D eigenvalue weighted by Crippen LogP contribution is -2.44. The minimum absolute atomic E-state index is 0.0568. The van der Waals surface area contributed by atoms with Gasteiger partial charge in [-0.15, -0.1) is 0 Å². The molecule has 1 aromatic rings.